The lowest BCUT2D eigenvalue weighted by atomic mass is 9.88. The number of esters is 1. The van der Waals surface area contributed by atoms with Crippen LogP contribution in [0.4, 0.5) is 0 Å². The molecule has 0 saturated carbocycles. The summed E-state index contributed by atoms with van der Waals surface area (Å²) in [6.45, 7) is 2.37. The molecular weight excluding hydrogens is 342 g/mol. The number of rotatable bonds is 10. The standard InChI is InChI=1S/C22H27NO4/c1-2-27-22(26)13-14-23(15-16-24)21(25)17-20(18-9-5-3-6-10-18)19-11-7-4-8-12-19/h3-12,20,24H,2,13-17H2,1H3. The van der Waals surface area contributed by atoms with Crippen LogP contribution in [0.5, 0.6) is 0 Å². The number of hydrogen-bond donors (Lipinski definition) is 1. The second-order valence-electron chi connectivity index (χ2n) is 6.24. The molecule has 0 atom stereocenters. The minimum absolute atomic E-state index is 0.0799. The molecule has 0 aliphatic heterocycles. The number of carbonyl (C=O) groups is 2. The molecule has 2 rings (SSSR count). The molecule has 0 spiro atoms. The Labute approximate surface area is 160 Å². The molecule has 27 heavy (non-hydrogen) atoms. The summed E-state index contributed by atoms with van der Waals surface area (Å²) < 4.78 is 4.93. The maximum atomic E-state index is 12.9. The maximum absolute atomic E-state index is 12.9. The van der Waals surface area contributed by atoms with Gasteiger partial charge in [0.05, 0.1) is 19.6 Å². The lowest BCUT2D eigenvalue weighted by molar-refractivity contribution is -0.144. The van der Waals surface area contributed by atoms with Crippen molar-refractivity contribution in [3.8, 4) is 0 Å². The zero-order valence-corrected chi connectivity index (χ0v) is 15.7. The summed E-state index contributed by atoms with van der Waals surface area (Å²) in [7, 11) is 0. The smallest absolute Gasteiger partial charge is 0.307 e. The van der Waals surface area contributed by atoms with Crippen LogP contribution in [0, 0.1) is 0 Å². The third-order valence-corrected chi connectivity index (χ3v) is 4.40. The van der Waals surface area contributed by atoms with Crippen LogP contribution in [0.1, 0.15) is 36.8 Å². The SMILES string of the molecule is CCOC(=O)CCN(CCO)C(=O)CC(c1ccccc1)c1ccccc1. The highest BCUT2D eigenvalue weighted by Crippen LogP contribution is 2.28. The number of aliphatic hydroxyl groups is 1. The third-order valence-electron chi connectivity index (χ3n) is 4.40. The molecule has 2 aromatic carbocycles. The minimum Gasteiger partial charge on any atom is -0.466 e. The van der Waals surface area contributed by atoms with Gasteiger partial charge in [0, 0.05) is 25.4 Å². The van der Waals surface area contributed by atoms with Gasteiger partial charge in [0.2, 0.25) is 5.91 Å². The fourth-order valence-corrected chi connectivity index (χ4v) is 3.04. The molecule has 0 radical (unpaired) electrons. The number of carbonyl (C=O) groups excluding carboxylic acids is 2. The van der Waals surface area contributed by atoms with Crippen LogP contribution < -0.4 is 0 Å². The molecule has 0 heterocycles. The average molecular weight is 369 g/mol. The molecule has 144 valence electrons. The number of hydrogen-bond acceptors (Lipinski definition) is 4. The summed E-state index contributed by atoms with van der Waals surface area (Å²) in [4.78, 5) is 26.1. The van der Waals surface area contributed by atoms with Crippen LogP contribution in [0.3, 0.4) is 0 Å². The van der Waals surface area contributed by atoms with Gasteiger partial charge >= 0.3 is 5.97 Å². The first-order chi connectivity index (χ1) is 13.2. The van der Waals surface area contributed by atoms with Crippen molar-refractivity contribution in [3.05, 3.63) is 71.8 Å². The van der Waals surface area contributed by atoms with E-state index < -0.39 is 0 Å². The van der Waals surface area contributed by atoms with Crippen LogP contribution in [-0.2, 0) is 14.3 Å². The molecule has 1 N–H and O–H groups in total. The Hall–Kier alpha value is -2.66. The molecule has 0 aromatic heterocycles. The number of amides is 1. The Balaban J connectivity index is 2.14. The molecule has 0 unspecified atom stereocenters. The van der Waals surface area contributed by atoms with Crippen molar-refractivity contribution in [2.24, 2.45) is 0 Å². The Morgan fingerprint density at radius 3 is 2.00 bits per heavy atom. The lowest BCUT2D eigenvalue weighted by Crippen LogP contribution is -2.36. The van der Waals surface area contributed by atoms with Crippen molar-refractivity contribution >= 4 is 11.9 Å². The zero-order valence-electron chi connectivity index (χ0n) is 15.7. The summed E-state index contributed by atoms with van der Waals surface area (Å²) in [6, 6.07) is 19.8. The molecule has 0 aliphatic carbocycles. The van der Waals surface area contributed by atoms with E-state index in [4.69, 9.17) is 4.74 Å². The van der Waals surface area contributed by atoms with Crippen LogP contribution in [0.25, 0.3) is 0 Å². The summed E-state index contributed by atoms with van der Waals surface area (Å²) in [5, 5.41) is 9.31. The number of ether oxygens (including phenoxy) is 1. The summed E-state index contributed by atoms with van der Waals surface area (Å²) >= 11 is 0. The molecule has 5 nitrogen and oxygen atoms in total. The maximum Gasteiger partial charge on any atom is 0.307 e. The van der Waals surface area contributed by atoms with E-state index in [2.05, 4.69) is 0 Å². The first-order valence-corrected chi connectivity index (χ1v) is 9.29. The fraction of sp³-hybridized carbons (Fsp3) is 0.364. The van der Waals surface area contributed by atoms with Crippen molar-refractivity contribution < 1.29 is 19.4 Å². The number of aliphatic hydroxyl groups excluding tert-OH is 1. The third kappa shape index (κ3) is 6.53. The van der Waals surface area contributed by atoms with E-state index in [1.165, 1.54) is 4.90 Å². The average Bonchev–Trinajstić information content (AvgIpc) is 2.70. The quantitative estimate of drug-likeness (QED) is 0.654. The van der Waals surface area contributed by atoms with Crippen LogP contribution >= 0.6 is 0 Å². The highest BCUT2D eigenvalue weighted by atomic mass is 16.5. The van der Waals surface area contributed by atoms with E-state index in [0.717, 1.165) is 11.1 Å². The van der Waals surface area contributed by atoms with Gasteiger partial charge in [0.25, 0.3) is 0 Å². The van der Waals surface area contributed by atoms with E-state index in [1.807, 2.05) is 60.7 Å². The zero-order chi connectivity index (χ0) is 19.5. The summed E-state index contributed by atoms with van der Waals surface area (Å²) in [5.41, 5.74) is 2.12. The van der Waals surface area contributed by atoms with Gasteiger partial charge < -0.3 is 14.7 Å². The Kier molecular flexibility index (Phi) is 8.52. The Morgan fingerprint density at radius 1 is 0.963 bits per heavy atom. The van der Waals surface area contributed by atoms with Crippen molar-refractivity contribution in [2.45, 2.75) is 25.7 Å². The van der Waals surface area contributed by atoms with Crippen molar-refractivity contribution in [1.29, 1.82) is 0 Å². The molecule has 5 heteroatoms. The molecule has 0 fully saturated rings. The van der Waals surface area contributed by atoms with Gasteiger partial charge in [-0.1, -0.05) is 60.7 Å². The van der Waals surface area contributed by atoms with Gasteiger partial charge in [-0.25, -0.2) is 0 Å². The van der Waals surface area contributed by atoms with Gasteiger partial charge in [-0.2, -0.15) is 0 Å². The van der Waals surface area contributed by atoms with Crippen LogP contribution in [-0.4, -0.2) is 48.2 Å². The van der Waals surface area contributed by atoms with E-state index in [-0.39, 0.29) is 50.3 Å². The topological polar surface area (TPSA) is 66.8 Å². The van der Waals surface area contributed by atoms with Gasteiger partial charge in [0.1, 0.15) is 0 Å². The van der Waals surface area contributed by atoms with Gasteiger partial charge in [-0.05, 0) is 18.1 Å². The Morgan fingerprint density at radius 2 is 1.52 bits per heavy atom. The Bertz CT molecular complexity index is 663. The largest absolute Gasteiger partial charge is 0.466 e. The second-order valence-corrected chi connectivity index (χ2v) is 6.24. The molecule has 0 bridgehead atoms. The van der Waals surface area contributed by atoms with E-state index >= 15 is 0 Å². The minimum atomic E-state index is -0.337. The second kappa shape index (κ2) is 11.1. The molecule has 1 amide bonds. The van der Waals surface area contributed by atoms with E-state index in [1.54, 1.807) is 6.92 Å². The molecule has 0 saturated heterocycles. The number of benzene rings is 2. The molecular formula is C22H27NO4. The van der Waals surface area contributed by atoms with Gasteiger partial charge in [-0.3, -0.25) is 9.59 Å². The van der Waals surface area contributed by atoms with Crippen LogP contribution in [0.15, 0.2) is 60.7 Å². The molecule has 2 aromatic rings. The monoisotopic (exact) mass is 369 g/mol. The predicted octanol–water partition coefficient (Wildman–Crippen LogP) is 2.98. The summed E-state index contributed by atoms with van der Waals surface area (Å²) in [5.74, 6) is -0.509. The fourth-order valence-electron chi connectivity index (χ4n) is 3.04. The van der Waals surface area contributed by atoms with E-state index in [0.29, 0.717) is 6.61 Å². The van der Waals surface area contributed by atoms with Crippen molar-refractivity contribution in [3.63, 3.8) is 0 Å². The summed E-state index contributed by atoms with van der Waals surface area (Å²) in [6.07, 6.45) is 0.401. The predicted molar refractivity (Wildman–Crippen MR) is 104 cm³/mol. The lowest BCUT2D eigenvalue weighted by Gasteiger charge is -2.25. The van der Waals surface area contributed by atoms with Gasteiger partial charge in [0.15, 0.2) is 0 Å². The number of nitrogens with zero attached hydrogens (tertiary/aromatic N) is 1. The highest BCUT2D eigenvalue weighted by Gasteiger charge is 2.22. The first kappa shape index (κ1) is 20.6. The highest BCUT2D eigenvalue weighted by molar-refractivity contribution is 5.78. The van der Waals surface area contributed by atoms with E-state index in [9.17, 15) is 14.7 Å². The molecule has 0 aliphatic rings. The van der Waals surface area contributed by atoms with Crippen molar-refractivity contribution in [1.82, 2.24) is 4.90 Å². The first-order valence-electron chi connectivity index (χ1n) is 9.29. The van der Waals surface area contributed by atoms with Crippen LogP contribution in [0.2, 0.25) is 0 Å². The normalized spacial score (nSPS) is 10.6. The van der Waals surface area contributed by atoms with Gasteiger partial charge in [-0.15, -0.1) is 0 Å². The van der Waals surface area contributed by atoms with Crippen molar-refractivity contribution in [2.75, 3.05) is 26.3 Å².